The molecule has 8 nitrogen and oxygen atoms in total. The van der Waals surface area contributed by atoms with Crippen LogP contribution in [0, 0.1) is 11.8 Å². The molecule has 3 unspecified atom stereocenters. The second kappa shape index (κ2) is 10.1. The van der Waals surface area contributed by atoms with Gasteiger partial charge >= 0.3 is 12.1 Å². The van der Waals surface area contributed by atoms with Crippen LogP contribution < -0.4 is 5.32 Å². The molecular weight excluding hydrogens is 448 g/mol. The van der Waals surface area contributed by atoms with E-state index in [1.54, 1.807) is 6.92 Å². The lowest BCUT2D eigenvalue weighted by molar-refractivity contribution is -0.151. The van der Waals surface area contributed by atoms with Gasteiger partial charge < -0.3 is 25.2 Å². The molecule has 1 fully saturated rings. The normalized spacial score (nSPS) is 20.8. The summed E-state index contributed by atoms with van der Waals surface area (Å²) in [6.45, 7) is 5.54. The summed E-state index contributed by atoms with van der Waals surface area (Å²) in [6, 6.07) is 14.5. The number of aliphatic hydroxyl groups excluding tert-OH is 1. The summed E-state index contributed by atoms with van der Waals surface area (Å²) >= 11 is 0. The summed E-state index contributed by atoms with van der Waals surface area (Å²) in [5.41, 5.74) is 4.49. The second-order valence-electron chi connectivity index (χ2n) is 9.76. The summed E-state index contributed by atoms with van der Waals surface area (Å²) in [4.78, 5) is 38.8. The van der Waals surface area contributed by atoms with Crippen molar-refractivity contribution >= 4 is 18.0 Å². The Morgan fingerprint density at radius 3 is 2.14 bits per heavy atom. The first kappa shape index (κ1) is 24.7. The molecular formula is C27H32N2O6. The summed E-state index contributed by atoms with van der Waals surface area (Å²) < 4.78 is 5.61. The van der Waals surface area contributed by atoms with Crippen LogP contribution in [0.5, 0.6) is 0 Å². The fraction of sp³-hybridized carbons (Fsp3) is 0.444. The van der Waals surface area contributed by atoms with Crippen molar-refractivity contribution in [1.82, 2.24) is 10.2 Å². The number of nitrogens with one attached hydrogen (secondary N) is 1. The molecule has 35 heavy (non-hydrogen) atoms. The van der Waals surface area contributed by atoms with E-state index in [2.05, 4.69) is 17.4 Å². The van der Waals surface area contributed by atoms with Gasteiger partial charge in [0.2, 0.25) is 5.91 Å². The third-order valence-corrected chi connectivity index (χ3v) is 7.08. The van der Waals surface area contributed by atoms with E-state index >= 15 is 0 Å². The van der Waals surface area contributed by atoms with Gasteiger partial charge in [-0.2, -0.15) is 0 Å². The topological polar surface area (TPSA) is 116 Å². The van der Waals surface area contributed by atoms with E-state index < -0.39 is 42.1 Å². The van der Waals surface area contributed by atoms with Crippen LogP contribution in [0.3, 0.4) is 0 Å². The van der Waals surface area contributed by atoms with Crippen LogP contribution in [0.4, 0.5) is 4.79 Å². The molecule has 1 saturated heterocycles. The van der Waals surface area contributed by atoms with Crippen LogP contribution in [0.15, 0.2) is 48.5 Å². The van der Waals surface area contributed by atoms with Crippen molar-refractivity contribution in [3.05, 3.63) is 59.7 Å². The van der Waals surface area contributed by atoms with Crippen LogP contribution in [-0.2, 0) is 14.3 Å². The number of rotatable bonds is 7. The van der Waals surface area contributed by atoms with Crippen LogP contribution in [-0.4, -0.2) is 64.4 Å². The number of carboxylic acids is 1. The third kappa shape index (κ3) is 4.89. The van der Waals surface area contributed by atoms with Crippen LogP contribution in [0.2, 0.25) is 0 Å². The fourth-order valence-corrected chi connectivity index (χ4v) is 5.48. The van der Waals surface area contributed by atoms with Crippen molar-refractivity contribution < 1.29 is 29.3 Å². The van der Waals surface area contributed by atoms with Gasteiger partial charge in [0.25, 0.3) is 0 Å². The van der Waals surface area contributed by atoms with Crippen molar-refractivity contribution in [2.75, 3.05) is 13.2 Å². The maximum absolute atomic E-state index is 13.3. The number of carboxylic acid groups (broad SMARTS) is 1. The van der Waals surface area contributed by atoms with Crippen molar-refractivity contribution in [2.45, 2.75) is 51.3 Å². The SMILES string of the molecule is CC(C)C(C(=O)N1CC(O)C[C@H]1C(=O)O)C(C)NC(=O)OCC1c2ccccc2-c2ccccc21. The van der Waals surface area contributed by atoms with Gasteiger partial charge in [0.15, 0.2) is 0 Å². The second-order valence-corrected chi connectivity index (χ2v) is 9.76. The molecule has 0 spiro atoms. The highest BCUT2D eigenvalue weighted by Gasteiger charge is 2.43. The molecule has 1 aliphatic carbocycles. The molecule has 2 aromatic carbocycles. The number of aliphatic hydroxyl groups is 1. The number of likely N-dealkylation sites (tertiary alicyclic amines) is 1. The molecule has 4 rings (SSSR count). The van der Waals surface area contributed by atoms with Crippen LogP contribution in [0.25, 0.3) is 11.1 Å². The average Bonchev–Trinajstić information content (AvgIpc) is 3.36. The molecule has 3 N–H and O–H groups in total. The number of carbonyl (C=O) groups excluding carboxylic acids is 2. The number of amides is 2. The monoisotopic (exact) mass is 480 g/mol. The van der Waals surface area contributed by atoms with Gasteiger partial charge in [0, 0.05) is 24.9 Å². The Morgan fingerprint density at radius 2 is 1.60 bits per heavy atom. The largest absolute Gasteiger partial charge is 0.480 e. The average molecular weight is 481 g/mol. The van der Waals surface area contributed by atoms with Crippen molar-refractivity contribution in [2.24, 2.45) is 11.8 Å². The molecule has 2 aromatic rings. The number of ether oxygens (including phenoxy) is 1. The molecule has 1 heterocycles. The van der Waals surface area contributed by atoms with Crippen LogP contribution in [0.1, 0.15) is 44.2 Å². The van der Waals surface area contributed by atoms with Crippen molar-refractivity contribution in [3.8, 4) is 11.1 Å². The quantitative estimate of drug-likeness (QED) is 0.560. The summed E-state index contributed by atoms with van der Waals surface area (Å²) in [6.07, 6.45) is -1.51. The summed E-state index contributed by atoms with van der Waals surface area (Å²) in [5, 5.41) is 22.2. The number of nitrogens with zero attached hydrogens (tertiary/aromatic N) is 1. The molecule has 1 aliphatic heterocycles. The Balaban J connectivity index is 1.42. The third-order valence-electron chi connectivity index (χ3n) is 7.08. The highest BCUT2D eigenvalue weighted by atomic mass is 16.5. The van der Waals surface area contributed by atoms with Crippen molar-refractivity contribution in [1.29, 1.82) is 0 Å². The Kier molecular flexibility index (Phi) is 7.12. The predicted octanol–water partition coefficient (Wildman–Crippen LogP) is 3.23. The first-order chi connectivity index (χ1) is 16.7. The van der Waals surface area contributed by atoms with E-state index in [4.69, 9.17) is 4.74 Å². The Hall–Kier alpha value is -3.39. The van der Waals surface area contributed by atoms with Gasteiger partial charge in [-0.3, -0.25) is 4.79 Å². The summed E-state index contributed by atoms with van der Waals surface area (Å²) in [7, 11) is 0. The Bertz CT molecular complexity index is 1070. The minimum absolute atomic E-state index is 0.0000759. The molecule has 2 amide bonds. The number of hydrogen-bond donors (Lipinski definition) is 3. The Labute approximate surface area is 204 Å². The van der Waals surface area contributed by atoms with E-state index in [1.165, 1.54) is 4.90 Å². The number of hydrogen-bond acceptors (Lipinski definition) is 5. The number of carbonyl (C=O) groups is 3. The lowest BCUT2D eigenvalue weighted by Gasteiger charge is -2.32. The van der Waals surface area contributed by atoms with E-state index in [9.17, 15) is 24.6 Å². The number of fused-ring (bicyclic) bond motifs is 3. The van der Waals surface area contributed by atoms with Gasteiger partial charge in [0.05, 0.1) is 12.0 Å². The Morgan fingerprint density at radius 1 is 1.03 bits per heavy atom. The van der Waals surface area contributed by atoms with Crippen LogP contribution >= 0.6 is 0 Å². The highest BCUT2D eigenvalue weighted by molar-refractivity contribution is 5.87. The smallest absolute Gasteiger partial charge is 0.407 e. The maximum atomic E-state index is 13.3. The van der Waals surface area contributed by atoms with Gasteiger partial charge in [-0.1, -0.05) is 62.4 Å². The fourth-order valence-electron chi connectivity index (χ4n) is 5.48. The molecule has 8 heteroatoms. The summed E-state index contributed by atoms with van der Waals surface area (Å²) in [5.74, 6) is -2.44. The van der Waals surface area contributed by atoms with E-state index in [0.29, 0.717) is 0 Å². The zero-order valence-corrected chi connectivity index (χ0v) is 20.2. The zero-order chi connectivity index (χ0) is 25.3. The number of β-amino-alcohol motifs (C(OH)–C–C–N with tert-alkyl or cyclic N) is 1. The zero-order valence-electron chi connectivity index (χ0n) is 20.2. The molecule has 0 saturated carbocycles. The standard InChI is InChI=1S/C27H32N2O6/c1-15(2)24(25(31)29-13-17(30)12-23(29)26(32)33)16(3)28-27(34)35-14-22-20-10-6-4-8-18(20)19-9-5-7-11-21(19)22/h4-11,15-17,22-24,30H,12-14H2,1-3H3,(H,28,34)(H,32,33)/t16?,17?,23-,24?/m0/s1. The van der Waals surface area contributed by atoms with Gasteiger partial charge in [0.1, 0.15) is 12.6 Å². The van der Waals surface area contributed by atoms with E-state index in [-0.39, 0.29) is 31.4 Å². The molecule has 0 bridgehead atoms. The molecule has 0 radical (unpaired) electrons. The number of benzene rings is 2. The first-order valence-electron chi connectivity index (χ1n) is 12.0. The van der Waals surface area contributed by atoms with E-state index in [0.717, 1.165) is 22.3 Å². The van der Waals surface area contributed by atoms with Crippen molar-refractivity contribution in [3.63, 3.8) is 0 Å². The van der Waals surface area contributed by atoms with Gasteiger partial charge in [-0.05, 0) is 35.1 Å². The molecule has 0 aromatic heterocycles. The highest BCUT2D eigenvalue weighted by Crippen LogP contribution is 2.44. The number of alkyl carbamates (subject to hydrolysis) is 1. The lowest BCUT2D eigenvalue weighted by Crippen LogP contribution is -2.51. The maximum Gasteiger partial charge on any atom is 0.407 e. The first-order valence-corrected chi connectivity index (χ1v) is 12.0. The van der Waals surface area contributed by atoms with Gasteiger partial charge in [-0.25, -0.2) is 9.59 Å². The number of aliphatic carboxylic acids is 1. The molecule has 4 atom stereocenters. The minimum atomic E-state index is -1.14. The molecule has 2 aliphatic rings. The predicted molar refractivity (Wildman–Crippen MR) is 130 cm³/mol. The molecule has 186 valence electrons. The van der Waals surface area contributed by atoms with E-state index in [1.807, 2.05) is 50.2 Å². The minimum Gasteiger partial charge on any atom is -0.480 e. The lowest BCUT2D eigenvalue weighted by atomic mass is 9.87. The van der Waals surface area contributed by atoms with Gasteiger partial charge in [-0.15, -0.1) is 0 Å².